The molecule has 0 aliphatic carbocycles. The topological polar surface area (TPSA) is 120 Å². The molecule has 0 unspecified atom stereocenters. The number of carbonyl (C=O) groups excluding carboxylic acids is 1. The summed E-state index contributed by atoms with van der Waals surface area (Å²) >= 11 is 0. The molecule has 2 aromatic heterocycles. The van der Waals surface area contributed by atoms with Crippen molar-refractivity contribution >= 4 is 40.0 Å². The molecule has 4 aromatic rings. The molecule has 0 radical (unpaired) electrons. The predicted molar refractivity (Wildman–Crippen MR) is 149 cm³/mol. The SMILES string of the molecule is C=CC(=O)Nc1cccc(-c2noc3cnc(Nc4ccc(N5CCN(CC(C)(C)O)CC5)cc4)nc23)c1. The van der Waals surface area contributed by atoms with Crippen LogP contribution in [0, 0.1) is 0 Å². The van der Waals surface area contributed by atoms with Crippen molar-refractivity contribution in [2.45, 2.75) is 19.4 Å². The minimum absolute atomic E-state index is 0.292. The van der Waals surface area contributed by atoms with Gasteiger partial charge in [-0.05, 0) is 56.3 Å². The van der Waals surface area contributed by atoms with Crippen molar-refractivity contribution in [2.24, 2.45) is 0 Å². The number of anilines is 4. The monoisotopic (exact) mass is 513 g/mol. The van der Waals surface area contributed by atoms with Gasteiger partial charge >= 0.3 is 0 Å². The van der Waals surface area contributed by atoms with Crippen LogP contribution in [0.2, 0.25) is 0 Å². The van der Waals surface area contributed by atoms with Crippen molar-refractivity contribution in [1.82, 2.24) is 20.0 Å². The molecule has 1 saturated heterocycles. The summed E-state index contributed by atoms with van der Waals surface area (Å²) in [4.78, 5) is 25.3. The lowest BCUT2D eigenvalue weighted by Crippen LogP contribution is -2.50. The average molecular weight is 514 g/mol. The van der Waals surface area contributed by atoms with E-state index >= 15 is 0 Å². The average Bonchev–Trinajstić information content (AvgIpc) is 3.32. The van der Waals surface area contributed by atoms with Gasteiger partial charge in [0, 0.05) is 55.3 Å². The summed E-state index contributed by atoms with van der Waals surface area (Å²) in [5.74, 6) is 0.131. The molecule has 2 aromatic carbocycles. The first-order chi connectivity index (χ1) is 18.3. The molecule has 1 fully saturated rings. The summed E-state index contributed by atoms with van der Waals surface area (Å²) < 4.78 is 5.44. The molecule has 3 N–H and O–H groups in total. The van der Waals surface area contributed by atoms with Gasteiger partial charge in [0.05, 0.1) is 11.8 Å². The van der Waals surface area contributed by atoms with Gasteiger partial charge < -0.3 is 25.2 Å². The van der Waals surface area contributed by atoms with E-state index in [-0.39, 0.29) is 5.91 Å². The van der Waals surface area contributed by atoms with Crippen LogP contribution in [0.1, 0.15) is 13.8 Å². The summed E-state index contributed by atoms with van der Waals surface area (Å²) in [5, 5.41) is 20.3. The highest BCUT2D eigenvalue weighted by atomic mass is 16.5. The highest BCUT2D eigenvalue weighted by Crippen LogP contribution is 2.29. The third-order valence-corrected chi connectivity index (χ3v) is 6.28. The molecule has 1 aliphatic rings. The van der Waals surface area contributed by atoms with Crippen LogP contribution < -0.4 is 15.5 Å². The van der Waals surface area contributed by atoms with Gasteiger partial charge in [-0.25, -0.2) is 9.97 Å². The first kappa shape index (κ1) is 25.4. The molecule has 10 heteroatoms. The van der Waals surface area contributed by atoms with Crippen molar-refractivity contribution < 1.29 is 14.4 Å². The molecule has 0 saturated carbocycles. The zero-order chi connectivity index (χ0) is 26.7. The Labute approximate surface area is 221 Å². The van der Waals surface area contributed by atoms with Crippen molar-refractivity contribution in [3.05, 3.63) is 67.4 Å². The maximum absolute atomic E-state index is 11.7. The standard InChI is InChI=1S/C28H31N7O3/c1-4-24(36)30-21-7-5-6-19(16-21)25-26-23(38-33-25)17-29-27(32-26)31-20-8-10-22(11-9-20)35-14-12-34(13-15-35)18-28(2,3)37/h4-11,16-17,37H,1,12-15,18H2,2-3H3,(H,30,36)(H,29,31,32). The van der Waals surface area contributed by atoms with Gasteiger partial charge in [0.25, 0.3) is 0 Å². The second kappa shape index (κ2) is 10.6. The van der Waals surface area contributed by atoms with Crippen LogP contribution in [0.3, 0.4) is 0 Å². The smallest absolute Gasteiger partial charge is 0.247 e. The Hall–Kier alpha value is -4.28. The van der Waals surface area contributed by atoms with E-state index in [9.17, 15) is 9.90 Å². The largest absolute Gasteiger partial charge is 0.389 e. The predicted octanol–water partition coefficient (Wildman–Crippen LogP) is 4.05. The van der Waals surface area contributed by atoms with Crippen LogP contribution >= 0.6 is 0 Å². The number of rotatable bonds is 8. The van der Waals surface area contributed by atoms with Crippen LogP contribution in [0.4, 0.5) is 23.0 Å². The molecular formula is C28H31N7O3. The van der Waals surface area contributed by atoms with Crippen molar-refractivity contribution in [3.63, 3.8) is 0 Å². The molecular weight excluding hydrogens is 482 g/mol. The van der Waals surface area contributed by atoms with Gasteiger partial charge in [-0.15, -0.1) is 0 Å². The van der Waals surface area contributed by atoms with Gasteiger partial charge in [-0.1, -0.05) is 23.9 Å². The number of benzene rings is 2. The molecule has 196 valence electrons. The van der Waals surface area contributed by atoms with E-state index in [0.29, 0.717) is 35.0 Å². The Morgan fingerprint density at radius 1 is 1.13 bits per heavy atom. The van der Waals surface area contributed by atoms with Crippen molar-refractivity contribution in [3.8, 4) is 11.3 Å². The number of piperazine rings is 1. The summed E-state index contributed by atoms with van der Waals surface area (Å²) in [6.45, 7) is 11.5. The van der Waals surface area contributed by atoms with E-state index < -0.39 is 5.60 Å². The van der Waals surface area contributed by atoms with E-state index in [0.717, 1.165) is 43.1 Å². The fourth-order valence-electron chi connectivity index (χ4n) is 4.53. The Kier molecular flexibility index (Phi) is 7.08. The summed E-state index contributed by atoms with van der Waals surface area (Å²) in [7, 11) is 0. The molecule has 3 heterocycles. The van der Waals surface area contributed by atoms with Crippen LogP contribution in [0.25, 0.3) is 22.4 Å². The zero-order valence-electron chi connectivity index (χ0n) is 21.5. The number of β-amino-alcohol motifs (C(OH)–C–C–N with tert-alkyl or cyclic N) is 1. The zero-order valence-corrected chi connectivity index (χ0v) is 21.5. The number of amides is 1. The number of nitrogens with zero attached hydrogens (tertiary/aromatic N) is 5. The molecule has 1 aliphatic heterocycles. The number of nitrogens with one attached hydrogen (secondary N) is 2. The summed E-state index contributed by atoms with van der Waals surface area (Å²) in [5.41, 5.74) is 4.29. The number of fused-ring (bicyclic) bond motifs is 1. The van der Waals surface area contributed by atoms with Crippen molar-refractivity contribution in [2.75, 3.05) is 48.3 Å². The summed E-state index contributed by atoms with van der Waals surface area (Å²) in [6.07, 6.45) is 2.81. The van der Waals surface area contributed by atoms with Crippen LogP contribution in [0.5, 0.6) is 0 Å². The molecule has 0 bridgehead atoms. The number of hydrogen-bond acceptors (Lipinski definition) is 9. The second-order valence-electron chi connectivity index (χ2n) is 9.96. The van der Waals surface area contributed by atoms with Gasteiger partial charge in [-0.3, -0.25) is 9.69 Å². The first-order valence-electron chi connectivity index (χ1n) is 12.5. The number of carbonyl (C=O) groups is 1. The molecule has 38 heavy (non-hydrogen) atoms. The Bertz CT molecular complexity index is 1440. The van der Waals surface area contributed by atoms with Crippen LogP contribution in [-0.2, 0) is 4.79 Å². The Morgan fingerprint density at radius 2 is 1.89 bits per heavy atom. The van der Waals surface area contributed by atoms with Gasteiger partial charge in [-0.2, -0.15) is 0 Å². The van der Waals surface area contributed by atoms with Crippen molar-refractivity contribution in [1.29, 1.82) is 0 Å². The molecule has 5 rings (SSSR count). The fourth-order valence-corrected chi connectivity index (χ4v) is 4.53. The first-order valence-corrected chi connectivity index (χ1v) is 12.5. The lowest BCUT2D eigenvalue weighted by Gasteiger charge is -2.38. The molecule has 1 amide bonds. The summed E-state index contributed by atoms with van der Waals surface area (Å²) in [6, 6.07) is 15.5. The molecule has 10 nitrogen and oxygen atoms in total. The lowest BCUT2D eigenvalue weighted by molar-refractivity contribution is -0.111. The van der Waals surface area contributed by atoms with E-state index in [1.165, 1.54) is 6.08 Å². The quantitative estimate of drug-likeness (QED) is 0.300. The molecule has 0 spiro atoms. The normalized spacial score (nSPS) is 14.4. The van der Waals surface area contributed by atoms with E-state index in [1.54, 1.807) is 18.3 Å². The Morgan fingerprint density at radius 3 is 2.61 bits per heavy atom. The third-order valence-electron chi connectivity index (χ3n) is 6.28. The lowest BCUT2D eigenvalue weighted by atomic mass is 10.1. The van der Waals surface area contributed by atoms with Crippen LogP contribution in [0.15, 0.2) is 71.9 Å². The minimum atomic E-state index is -0.680. The fraction of sp³-hybridized carbons (Fsp3) is 0.286. The van der Waals surface area contributed by atoms with Gasteiger partial charge in [0.15, 0.2) is 0 Å². The van der Waals surface area contributed by atoms with Gasteiger partial charge in [0.2, 0.25) is 17.4 Å². The minimum Gasteiger partial charge on any atom is -0.389 e. The highest BCUT2D eigenvalue weighted by Gasteiger charge is 2.23. The van der Waals surface area contributed by atoms with E-state index in [1.807, 2.05) is 38.1 Å². The third kappa shape index (κ3) is 5.99. The maximum Gasteiger partial charge on any atom is 0.247 e. The van der Waals surface area contributed by atoms with E-state index in [4.69, 9.17) is 4.52 Å². The number of aliphatic hydroxyl groups is 1. The number of hydrogen-bond donors (Lipinski definition) is 3. The maximum atomic E-state index is 11.7. The highest BCUT2D eigenvalue weighted by molar-refractivity contribution is 5.99. The number of aromatic nitrogens is 3. The van der Waals surface area contributed by atoms with Gasteiger partial charge in [0.1, 0.15) is 11.2 Å². The van der Waals surface area contributed by atoms with E-state index in [2.05, 4.69) is 54.3 Å². The Balaban J connectivity index is 1.28. The van der Waals surface area contributed by atoms with Crippen LogP contribution in [-0.4, -0.2) is 69.4 Å². The molecule has 0 atom stereocenters. The second-order valence-corrected chi connectivity index (χ2v) is 9.96.